The first-order valence-electron chi connectivity index (χ1n) is 9.13. The molecule has 1 aromatic heterocycles. The molecule has 1 aliphatic heterocycles. The summed E-state index contributed by atoms with van der Waals surface area (Å²) in [7, 11) is 0. The molecule has 152 valence electrons. The molecule has 30 heavy (non-hydrogen) atoms. The third-order valence-corrected chi connectivity index (χ3v) is 5.42. The zero-order valence-corrected chi connectivity index (χ0v) is 16.7. The fourth-order valence-electron chi connectivity index (χ4n) is 3.44. The molecule has 10 heteroatoms. The number of thioether (sulfide) groups is 1. The molecule has 0 amide bonds. The van der Waals surface area contributed by atoms with Crippen LogP contribution in [0.25, 0.3) is 5.69 Å². The summed E-state index contributed by atoms with van der Waals surface area (Å²) in [5, 5.41) is 29.7. The number of benzene rings is 2. The van der Waals surface area contributed by atoms with Crippen LogP contribution in [0.2, 0.25) is 0 Å². The Morgan fingerprint density at radius 3 is 2.67 bits per heavy atom. The summed E-state index contributed by atoms with van der Waals surface area (Å²) in [5.74, 6) is -0.415. The lowest BCUT2D eigenvalue weighted by Crippen LogP contribution is -2.08. The molecule has 0 spiro atoms. The summed E-state index contributed by atoms with van der Waals surface area (Å²) in [6, 6.07) is 13.4. The molecular formula is C20H17N5O4S. The van der Waals surface area contributed by atoms with E-state index in [1.807, 2.05) is 41.2 Å². The van der Waals surface area contributed by atoms with Crippen LogP contribution in [-0.4, -0.2) is 42.7 Å². The van der Waals surface area contributed by atoms with E-state index in [-0.39, 0.29) is 18.5 Å². The highest BCUT2D eigenvalue weighted by atomic mass is 32.2. The average molecular weight is 423 g/mol. The van der Waals surface area contributed by atoms with Crippen molar-refractivity contribution in [3.8, 4) is 5.69 Å². The first-order chi connectivity index (χ1) is 14.5. The second kappa shape index (κ2) is 8.07. The first-order valence-corrected chi connectivity index (χ1v) is 10.4. The molecule has 0 saturated heterocycles. The van der Waals surface area contributed by atoms with Crippen LogP contribution in [0.1, 0.15) is 35.8 Å². The zero-order chi connectivity index (χ0) is 21.3. The third kappa shape index (κ3) is 3.57. The van der Waals surface area contributed by atoms with Crippen LogP contribution in [0.3, 0.4) is 0 Å². The molecule has 2 heterocycles. The third-order valence-electron chi connectivity index (χ3n) is 4.79. The van der Waals surface area contributed by atoms with Gasteiger partial charge in [-0.15, -0.1) is 10.2 Å². The zero-order valence-electron chi connectivity index (χ0n) is 15.9. The van der Waals surface area contributed by atoms with Gasteiger partial charge in [-0.05, 0) is 18.7 Å². The minimum Gasteiger partial charge on any atom is -0.481 e. The summed E-state index contributed by atoms with van der Waals surface area (Å²) in [4.78, 5) is 27.1. The lowest BCUT2D eigenvalue weighted by atomic mass is 9.99. The molecule has 0 fully saturated rings. The number of hydrogen-bond acceptors (Lipinski definition) is 7. The lowest BCUT2D eigenvalue weighted by Gasteiger charge is -2.12. The predicted octanol–water partition coefficient (Wildman–Crippen LogP) is 3.65. The fourth-order valence-corrected chi connectivity index (χ4v) is 3.94. The molecule has 1 atom stereocenters. The van der Waals surface area contributed by atoms with Crippen molar-refractivity contribution in [2.24, 2.45) is 4.99 Å². The van der Waals surface area contributed by atoms with Gasteiger partial charge >= 0.3 is 5.97 Å². The normalized spacial score (nSPS) is 15.0. The number of rotatable bonds is 6. The second-order valence-electron chi connectivity index (χ2n) is 6.63. The molecule has 0 unspecified atom stereocenters. The number of aliphatic carboxylic acids is 1. The van der Waals surface area contributed by atoms with Crippen molar-refractivity contribution in [1.29, 1.82) is 0 Å². The lowest BCUT2D eigenvalue weighted by molar-refractivity contribution is -0.384. The largest absolute Gasteiger partial charge is 0.481 e. The topological polar surface area (TPSA) is 124 Å². The molecule has 1 aliphatic rings. The molecule has 0 bridgehead atoms. The number of hydrogen-bond donors (Lipinski definition) is 1. The number of nitrogens with zero attached hydrogens (tertiary/aromatic N) is 5. The molecule has 0 saturated carbocycles. The molecule has 0 aliphatic carbocycles. The van der Waals surface area contributed by atoms with Crippen molar-refractivity contribution in [1.82, 2.24) is 14.8 Å². The smallest absolute Gasteiger partial charge is 0.303 e. The van der Waals surface area contributed by atoms with Crippen LogP contribution < -0.4 is 0 Å². The van der Waals surface area contributed by atoms with Crippen molar-refractivity contribution < 1.29 is 14.8 Å². The number of aliphatic imine (C=N–C) groups is 1. The molecule has 3 aromatic rings. The van der Waals surface area contributed by atoms with E-state index >= 15 is 0 Å². The molecule has 4 rings (SSSR count). The number of aromatic nitrogens is 3. The van der Waals surface area contributed by atoms with Gasteiger partial charge in [-0.2, -0.15) is 0 Å². The van der Waals surface area contributed by atoms with E-state index in [1.54, 1.807) is 6.07 Å². The number of non-ortho nitro benzene ring substituents is 1. The number of carboxylic acid groups (broad SMARTS) is 1. The highest BCUT2D eigenvalue weighted by Gasteiger charge is 2.30. The second-order valence-corrected chi connectivity index (χ2v) is 7.40. The highest BCUT2D eigenvalue weighted by molar-refractivity contribution is 7.98. The fraction of sp³-hybridized carbons (Fsp3) is 0.200. The van der Waals surface area contributed by atoms with Gasteiger partial charge in [-0.1, -0.05) is 42.1 Å². The Morgan fingerprint density at radius 1 is 1.23 bits per heavy atom. The van der Waals surface area contributed by atoms with Crippen LogP contribution in [0, 0.1) is 10.1 Å². The van der Waals surface area contributed by atoms with E-state index in [0.29, 0.717) is 27.9 Å². The molecule has 1 N–H and O–H groups in total. The Labute approximate surface area is 175 Å². The summed E-state index contributed by atoms with van der Waals surface area (Å²) in [6.45, 7) is 0. The van der Waals surface area contributed by atoms with E-state index in [4.69, 9.17) is 4.99 Å². The Hall–Kier alpha value is -3.53. The number of fused-ring (bicyclic) bond motifs is 3. The van der Waals surface area contributed by atoms with Gasteiger partial charge in [0.25, 0.3) is 5.69 Å². The quantitative estimate of drug-likeness (QED) is 0.364. The van der Waals surface area contributed by atoms with E-state index in [2.05, 4.69) is 10.2 Å². The number of nitro benzene ring substituents is 1. The van der Waals surface area contributed by atoms with Crippen LogP contribution in [0.4, 0.5) is 5.69 Å². The minimum absolute atomic E-state index is 0.0540. The van der Waals surface area contributed by atoms with Crippen LogP contribution in [0.15, 0.2) is 58.7 Å². The van der Waals surface area contributed by atoms with E-state index in [1.165, 1.54) is 23.9 Å². The van der Waals surface area contributed by atoms with Crippen molar-refractivity contribution in [2.45, 2.75) is 24.0 Å². The molecular weight excluding hydrogens is 406 g/mol. The Kier molecular flexibility index (Phi) is 5.32. The van der Waals surface area contributed by atoms with Gasteiger partial charge < -0.3 is 5.11 Å². The van der Waals surface area contributed by atoms with Gasteiger partial charge in [-0.25, -0.2) is 0 Å². The minimum atomic E-state index is -0.931. The molecule has 0 radical (unpaired) electrons. The Morgan fingerprint density at radius 2 is 2.00 bits per heavy atom. The van der Waals surface area contributed by atoms with E-state index < -0.39 is 16.9 Å². The van der Waals surface area contributed by atoms with Gasteiger partial charge in [0.2, 0.25) is 0 Å². The van der Waals surface area contributed by atoms with Gasteiger partial charge in [-0.3, -0.25) is 24.5 Å². The monoisotopic (exact) mass is 423 g/mol. The van der Waals surface area contributed by atoms with Crippen molar-refractivity contribution in [3.05, 3.63) is 75.6 Å². The Bertz CT molecular complexity index is 1160. The molecule has 2 aromatic carbocycles. The SMILES string of the molecule is CSc1nnc2n1-c1ccc([N+](=O)[O-])cc1C(c1ccccc1)=N[C@H]2CCC(=O)O. The van der Waals surface area contributed by atoms with Crippen LogP contribution in [-0.2, 0) is 4.79 Å². The van der Waals surface area contributed by atoms with Gasteiger partial charge in [0.1, 0.15) is 6.04 Å². The number of carbonyl (C=O) groups is 1. The molecule has 9 nitrogen and oxygen atoms in total. The van der Waals surface area contributed by atoms with E-state index in [0.717, 1.165) is 5.56 Å². The van der Waals surface area contributed by atoms with Gasteiger partial charge in [0.05, 0.1) is 16.3 Å². The summed E-state index contributed by atoms with van der Waals surface area (Å²) < 4.78 is 1.82. The summed E-state index contributed by atoms with van der Waals surface area (Å²) in [6.07, 6.45) is 2.00. The maximum atomic E-state index is 11.4. The first kappa shape index (κ1) is 19.8. The number of carboxylic acids is 1. The average Bonchev–Trinajstić information content (AvgIpc) is 3.12. The van der Waals surface area contributed by atoms with Gasteiger partial charge in [0.15, 0.2) is 11.0 Å². The highest BCUT2D eigenvalue weighted by Crippen LogP contribution is 2.36. The summed E-state index contributed by atoms with van der Waals surface area (Å²) in [5.41, 5.74) is 2.53. The van der Waals surface area contributed by atoms with Crippen LogP contribution >= 0.6 is 11.8 Å². The van der Waals surface area contributed by atoms with Crippen molar-refractivity contribution in [2.75, 3.05) is 6.26 Å². The maximum absolute atomic E-state index is 11.4. The van der Waals surface area contributed by atoms with Gasteiger partial charge in [0, 0.05) is 29.7 Å². The van der Waals surface area contributed by atoms with Crippen molar-refractivity contribution >= 4 is 29.1 Å². The summed E-state index contributed by atoms with van der Waals surface area (Å²) >= 11 is 1.39. The maximum Gasteiger partial charge on any atom is 0.303 e. The predicted molar refractivity (Wildman–Crippen MR) is 111 cm³/mol. The Balaban J connectivity index is 2.00. The van der Waals surface area contributed by atoms with E-state index in [9.17, 15) is 20.0 Å². The standard InChI is InChI=1S/C20H17N5O4S/c1-30-20-23-22-19-15(8-10-17(26)27)21-18(12-5-3-2-4-6-12)14-11-13(25(28)29)7-9-16(14)24(19)20/h2-7,9,11,15H,8,10H2,1H3,(H,26,27)/t15-/m0/s1. The van der Waals surface area contributed by atoms with Crippen LogP contribution in [0.5, 0.6) is 0 Å². The van der Waals surface area contributed by atoms with Crippen molar-refractivity contribution in [3.63, 3.8) is 0 Å². The number of nitro groups is 1.